The van der Waals surface area contributed by atoms with E-state index in [-0.39, 0.29) is 10.0 Å². The molecule has 2 nitrogen and oxygen atoms in total. The molecular formula is C13H15Cl2FN2. The Labute approximate surface area is 116 Å². The van der Waals surface area contributed by atoms with Crippen molar-refractivity contribution in [1.29, 1.82) is 0 Å². The Bertz CT molecular complexity index is 439. The largest absolute Gasteiger partial charge is 0.369 e. The average Bonchev–Trinajstić information content (AvgIpc) is 3.20. The van der Waals surface area contributed by atoms with Crippen molar-refractivity contribution in [2.45, 2.75) is 18.9 Å². The molecule has 1 aliphatic heterocycles. The molecule has 98 valence electrons. The minimum atomic E-state index is -0.532. The molecule has 2 aliphatic rings. The van der Waals surface area contributed by atoms with E-state index in [4.69, 9.17) is 23.2 Å². The molecule has 1 saturated heterocycles. The Hall–Kier alpha value is -0.510. The van der Waals surface area contributed by atoms with Gasteiger partial charge in [-0.25, -0.2) is 4.39 Å². The van der Waals surface area contributed by atoms with Crippen LogP contribution >= 0.6 is 23.2 Å². The molecule has 1 aromatic carbocycles. The second-order valence-corrected chi connectivity index (χ2v) is 5.88. The second-order valence-electron chi connectivity index (χ2n) is 5.07. The van der Waals surface area contributed by atoms with E-state index in [0.29, 0.717) is 6.04 Å². The van der Waals surface area contributed by atoms with Crippen molar-refractivity contribution in [3.8, 4) is 0 Å². The molecule has 0 radical (unpaired) electrons. The lowest BCUT2D eigenvalue weighted by Crippen LogP contribution is -2.51. The number of hydrogen-bond acceptors (Lipinski definition) is 2. The van der Waals surface area contributed by atoms with Crippen LogP contribution in [-0.4, -0.2) is 25.7 Å². The van der Waals surface area contributed by atoms with Gasteiger partial charge in [0.1, 0.15) is 0 Å². The van der Waals surface area contributed by atoms with Gasteiger partial charge in [-0.2, -0.15) is 0 Å². The van der Waals surface area contributed by atoms with E-state index >= 15 is 0 Å². The lowest BCUT2D eigenvalue weighted by Gasteiger charge is -2.35. The standard InChI is InChI=1S/C13H15Cl2FN2/c14-10-5-9(6-11(15)13(10)16)18-4-3-17-12(7-18)8-1-2-8/h5-6,8,12,17H,1-4,7H2. The minimum Gasteiger partial charge on any atom is -0.369 e. The highest BCUT2D eigenvalue weighted by Gasteiger charge is 2.34. The summed E-state index contributed by atoms with van der Waals surface area (Å²) in [7, 11) is 0. The Morgan fingerprint density at radius 2 is 1.89 bits per heavy atom. The van der Waals surface area contributed by atoms with Crippen LogP contribution in [-0.2, 0) is 0 Å². The molecule has 0 aromatic heterocycles. The molecule has 1 N–H and O–H groups in total. The zero-order chi connectivity index (χ0) is 12.7. The summed E-state index contributed by atoms with van der Waals surface area (Å²) in [5, 5.41) is 3.73. The van der Waals surface area contributed by atoms with Crippen LogP contribution in [0.5, 0.6) is 0 Å². The van der Waals surface area contributed by atoms with Gasteiger partial charge in [0, 0.05) is 31.4 Å². The lowest BCUT2D eigenvalue weighted by atomic mass is 10.1. The van der Waals surface area contributed by atoms with E-state index in [1.807, 2.05) is 0 Å². The summed E-state index contributed by atoms with van der Waals surface area (Å²) in [6.45, 7) is 2.80. The third-order valence-corrected chi connectivity index (χ3v) is 4.28. The van der Waals surface area contributed by atoms with Crippen LogP contribution < -0.4 is 10.2 Å². The maximum Gasteiger partial charge on any atom is 0.160 e. The van der Waals surface area contributed by atoms with Crippen LogP contribution in [0.4, 0.5) is 10.1 Å². The Morgan fingerprint density at radius 3 is 2.50 bits per heavy atom. The molecule has 2 fully saturated rings. The normalized spacial score (nSPS) is 24.4. The summed E-state index contributed by atoms with van der Waals surface area (Å²) in [5.41, 5.74) is 0.915. The van der Waals surface area contributed by atoms with E-state index in [1.165, 1.54) is 12.8 Å². The minimum absolute atomic E-state index is 0.0963. The first-order chi connectivity index (χ1) is 8.65. The van der Waals surface area contributed by atoms with E-state index in [2.05, 4.69) is 10.2 Å². The first-order valence-electron chi connectivity index (χ1n) is 6.28. The number of rotatable bonds is 2. The van der Waals surface area contributed by atoms with Gasteiger partial charge in [0.2, 0.25) is 0 Å². The molecule has 0 bridgehead atoms. The molecule has 1 aromatic rings. The highest BCUT2D eigenvalue weighted by atomic mass is 35.5. The fraction of sp³-hybridized carbons (Fsp3) is 0.538. The second kappa shape index (κ2) is 4.87. The van der Waals surface area contributed by atoms with Gasteiger partial charge < -0.3 is 10.2 Å². The maximum atomic E-state index is 13.4. The predicted molar refractivity (Wildman–Crippen MR) is 73.1 cm³/mol. The molecule has 0 amide bonds. The first kappa shape index (κ1) is 12.5. The predicted octanol–water partition coefficient (Wildman–Crippen LogP) is 3.32. The van der Waals surface area contributed by atoms with Gasteiger partial charge in [-0.05, 0) is 30.9 Å². The Balaban J connectivity index is 1.80. The zero-order valence-electron chi connectivity index (χ0n) is 9.93. The molecule has 1 atom stereocenters. The van der Waals surface area contributed by atoms with Crippen LogP contribution in [0.3, 0.4) is 0 Å². The SMILES string of the molecule is Fc1c(Cl)cc(N2CCNC(C3CC3)C2)cc1Cl. The van der Waals surface area contributed by atoms with Gasteiger partial charge in [0.25, 0.3) is 0 Å². The molecule has 1 heterocycles. The number of piperazine rings is 1. The average molecular weight is 289 g/mol. The Morgan fingerprint density at radius 1 is 1.22 bits per heavy atom. The quantitative estimate of drug-likeness (QED) is 0.840. The summed E-state index contributed by atoms with van der Waals surface area (Å²) in [4.78, 5) is 2.23. The molecule has 5 heteroatoms. The van der Waals surface area contributed by atoms with Crippen molar-refractivity contribution < 1.29 is 4.39 Å². The number of hydrogen-bond donors (Lipinski definition) is 1. The van der Waals surface area contributed by atoms with Crippen molar-refractivity contribution in [2.24, 2.45) is 5.92 Å². The van der Waals surface area contributed by atoms with Gasteiger partial charge in [-0.15, -0.1) is 0 Å². The van der Waals surface area contributed by atoms with Crippen molar-refractivity contribution in [3.63, 3.8) is 0 Å². The van der Waals surface area contributed by atoms with Gasteiger partial charge in [-0.1, -0.05) is 23.2 Å². The van der Waals surface area contributed by atoms with Crippen LogP contribution in [0.15, 0.2) is 12.1 Å². The van der Waals surface area contributed by atoms with Crippen molar-refractivity contribution in [1.82, 2.24) is 5.32 Å². The molecule has 1 unspecified atom stereocenters. The summed E-state index contributed by atoms with van der Waals surface area (Å²) in [6.07, 6.45) is 2.63. The van der Waals surface area contributed by atoms with Crippen molar-refractivity contribution in [3.05, 3.63) is 28.0 Å². The number of nitrogens with one attached hydrogen (secondary N) is 1. The fourth-order valence-electron chi connectivity index (χ4n) is 2.55. The Kier molecular flexibility index (Phi) is 3.39. The summed E-state index contributed by atoms with van der Waals surface area (Å²) in [6, 6.07) is 3.87. The molecule has 1 aliphatic carbocycles. The van der Waals surface area contributed by atoms with Gasteiger partial charge in [0.15, 0.2) is 5.82 Å². The molecule has 3 rings (SSSR count). The summed E-state index contributed by atoms with van der Waals surface area (Å²) >= 11 is 11.7. The number of halogens is 3. The highest BCUT2D eigenvalue weighted by molar-refractivity contribution is 6.35. The van der Waals surface area contributed by atoms with Crippen LogP contribution in [0, 0.1) is 11.7 Å². The smallest absolute Gasteiger partial charge is 0.160 e. The highest BCUT2D eigenvalue weighted by Crippen LogP contribution is 2.35. The van der Waals surface area contributed by atoms with E-state index in [9.17, 15) is 4.39 Å². The lowest BCUT2D eigenvalue weighted by molar-refractivity contribution is 0.419. The number of benzene rings is 1. The maximum absolute atomic E-state index is 13.4. The van der Waals surface area contributed by atoms with Crippen molar-refractivity contribution in [2.75, 3.05) is 24.5 Å². The molecule has 18 heavy (non-hydrogen) atoms. The topological polar surface area (TPSA) is 15.3 Å². The van der Waals surface area contributed by atoms with Gasteiger partial charge in [-0.3, -0.25) is 0 Å². The van der Waals surface area contributed by atoms with Gasteiger partial charge in [0.05, 0.1) is 10.0 Å². The number of anilines is 1. The molecular weight excluding hydrogens is 274 g/mol. The monoisotopic (exact) mass is 288 g/mol. The number of nitrogens with zero attached hydrogens (tertiary/aromatic N) is 1. The van der Waals surface area contributed by atoms with E-state index < -0.39 is 5.82 Å². The first-order valence-corrected chi connectivity index (χ1v) is 7.03. The van der Waals surface area contributed by atoms with E-state index in [1.54, 1.807) is 12.1 Å². The fourth-order valence-corrected chi connectivity index (χ4v) is 3.03. The third kappa shape index (κ3) is 2.44. The van der Waals surface area contributed by atoms with Crippen LogP contribution in [0.2, 0.25) is 10.0 Å². The van der Waals surface area contributed by atoms with Crippen molar-refractivity contribution >= 4 is 28.9 Å². The molecule has 0 spiro atoms. The van der Waals surface area contributed by atoms with E-state index in [0.717, 1.165) is 31.2 Å². The summed E-state index contributed by atoms with van der Waals surface area (Å²) < 4.78 is 13.4. The zero-order valence-corrected chi connectivity index (χ0v) is 11.4. The summed E-state index contributed by atoms with van der Waals surface area (Å²) in [5.74, 6) is 0.273. The van der Waals surface area contributed by atoms with Gasteiger partial charge >= 0.3 is 0 Å². The van der Waals surface area contributed by atoms with Crippen LogP contribution in [0.25, 0.3) is 0 Å². The van der Waals surface area contributed by atoms with Crippen LogP contribution in [0.1, 0.15) is 12.8 Å². The third-order valence-electron chi connectivity index (χ3n) is 3.73. The molecule has 1 saturated carbocycles.